The highest BCUT2D eigenvalue weighted by atomic mass is 16.7. The van der Waals surface area contributed by atoms with E-state index in [9.17, 15) is 14.7 Å². The maximum atomic E-state index is 11.7. The quantitative estimate of drug-likeness (QED) is 0.729. The van der Waals surface area contributed by atoms with Gasteiger partial charge >= 0.3 is 6.03 Å². The van der Waals surface area contributed by atoms with Gasteiger partial charge < -0.3 is 24.6 Å². The van der Waals surface area contributed by atoms with Gasteiger partial charge in [-0.1, -0.05) is 0 Å². The molecule has 1 heterocycles. The van der Waals surface area contributed by atoms with Crippen molar-refractivity contribution in [2.24, 2.45) is 0 Å². The number of carbonyl (C=O) groups is 2. The highest BCUT2D eigenvalue weighted by molar-refractivity contribution is 5.96. The molecule has 1 unspecified atom stereocenters. The van der Waals surface area contributed by atoms with E-state index in [0.717, 1.165) is 0 Å². The predicted octanol–water partition coefficient (Wildman–Crippen LogP) is 0.130. The molecule has 1 aromatic carbocycles. The van der Waals surface area contributed by atoms with Crippen LogP contribution < -0.4 is 24.8 Å². The van der Waals surface area contributed by atoms with Gasteiger partial charge in [0, 0.05) is 18.7 Å². The van der Waals surface area contributed by atoms with Crippen molar-refractivity contribution in [3.8, 4) is 17.2 Å². The zero-order valence-corrected chi connectivity index (χ0v) is 11.6. The van der Waals surface area contributed by atoms with Crippen molar-refractivity contribution in [3.05, 3.63) is 17.7 Å². The van der Waals surface area contributed by atoms with Gasteiger partial charge in [-0.15, -0.1) is 0 Å². The fraction of sp³-hybridized carbons (Fsp3) is 0.385. The number of imide groups is 1. The molecule has 0 radical (unpaired) electrons. The number of benzene rings is 1. The van der Waals surface area contributed by atoms with Crippen LogP contribution in [0.2, 0.25) is 0 Å². The van der Waals surface area contributed by atoms with Gasteiger partial charge in [-0.25, -0.2) is 4.79 Å². The first-order valence-electron chi connectivity index (χ1n) is 6.27. The lowest BCUT2D eigenvalue weighted by atomic mass is 10.2. The molecule has 8 nitrogen and oxygen atoms in total. The van der Waals surface area contributed by atoms with E-state index in [-0.39, 0.29) is 13.4 Å². The van der Waals surface area contributed by atoms with E-state index in [1.54, 1.807) is 6.07 Å². The second kappa shape index (κ2) is 6.31. The van der Waals surface area contributed by atoms with Crippen LogP contribution in [-0.2, 0) is 11.4 Å². The number of urea groups is 1. The average Bonchev–Trinajstić information content (AvgIpc) is 2.93. The van der Waals surface area contributed by atoms with Gasteiger partial charge in [0.05, 0.1) is 6.61 Å². The number of aliphatic hydroxyl groups is 1. The van der Waals surface area contributed by atoms with Gasteiger partial charge in [0.25, 0.3) is 5.91 Å². The van der Waals surface area contributed by atoms with E-state index in [0.29, 0.717) is 22.8 Å². The van der Waals surface area contributed by atoms with Crippen LogP contribution in [0, 0.1) is 0 Å². The zero-order valence-electron chi connectivity index (χ0n) is 11.6. The van der Waals surface area contributed by atoms with Crippen molar-refractivity contribution in [1.29, 1.82) is 0 Å². The molecule has 1 aromatic rings. The van der Waals surface area contributed by atoms with E-state index >= 15 is 0 Å². The largest absolute Gasteiger partial charge is 0.480 e. The first-order chi connectivity index (χ1) is 10.0. The molecule has 0 saturated carbocycles. The Labute approximate surface area is 121 Å². The number of nitrogens with one attached hydrogen (secondary N) is 2. The van der Waals surface area contributed by atoms with Crippen LogP contribution >= 0.6 is 0 Å². The minimum atomic E-state index is -0.923. The first-order valence-corrected chi connectivity index (χ1v) is 6.27. The smallest absolute Gasteiger partial charge is 0.321 e. The molecule has 0 fully saturated rings. The molecule has 114 valence electrons. The standard InChI is InChI=1S/C13H16N2O6/c1-7(12(17)15-13(18)14-2)21-9-4-11-10(19-6-20-11)3-8(9)5-16/h3-4,7,16H,5-6H2,1-2H3,(H2,14,15,17,18). The fourth-order valence-corrected chi connectivity index (χ4v) is 1.72. The molecule has 0 bridgehead atoms. The summed E-state index contributed by atoms with van der Waals surface area (Å²) in [5.41, 5.74) is 0.457. The molecule has 3 N–H and O–H groups in total. The van der Waals surface area contributed by atoms with Crippen molar-refractivity contribution in [3.63, 3.8) is 0 Å². The molecular weight excluding hydrogens is 280 g/mol. The lowest BCUT2D eigenvalue weighted by molar-refractivity contribution is -0.126. The van der Waals surface area contributed by atoms with Gasteiger partial charge in [0.15, 0.2) is 17.6 Å². The Bertz CT molecular complexity index is 560. The molecule has 0 aromatic heterocycles. The lowest BCUT2D eigenvalue weighted by Crippen LogP contribution is -2.44. The Kier molecular flexibility index (Phi) is 4.49. The predicted molar refractivity (Wildman–Crippen MR) is 71.2 cm³/mol. The number of rotatable bonds is 4. The highest BCUT2D eigenvalue weighted by Gasteiger charge is 2.22. The maximum Gasteiger partial charge on any atom is 0.321 e. The number of ether oxygens (including phenoxy) is 3. The van der Waals surface area contributed by atoms with Crippen LogP contribution in [0.25, 0.3) is 0 Å². The molecule has 1 aliphatic rings. The Balaban J connectivity index is 2.11. The van der Waals surface area contributed by atoms with Crippen molar-refractivity contribution in [1.82, 2.24) is 10.6 Å². The van der Waals surface area contributed by atoms with Crippen molar-refractivity contribution < 1.29 is 28.9 Å². The third-order valence-corrected chi connectivity index (χ3v) is 2.86. The maximum absolute atomic E-state index is 11.7. The third kappa shape index (κ3) is 3.34. The van der Waals surface area contributed by atoms with E-state index in [1.165, 1.54) is 20.0 Å². The Hall–Kier alpha value is -2.48. The number of amides is 3. The summed E-state index contributed by atoms with van der Waals surface area (Å²) in [6.07, 6.45) is -0.923. The summed E-state index contributed by atoms with van der Waals surface area (Å²) in [6, 6.07) is 2.50. The van der Waals surface area contributed by atoms with Crippen LogP contribution in [0.4, 0.5) is 4.79 Å². The summed E-state index contributed by atoms with van der Waals surface area (Å²) < 4.78 is 15.9. The monoisotopic (exact) mass is 296 g/mol. The number of fused-ring (bicyclic) bond motifs is 1. The minimum Gasteiger partial charge on any atom is -0.480 e. The third-order valence-electron chi connectivity index (χ3n) is 2.86. The van der Waals surface area contributed by atoms with Gasteiger partial charge in [-0.3, -0.25) is 10.1 Å². The molecule has 1 atom stereocenters. The van der Waals surface area contributed by atoms with Crippen molar-refractivity contribution in [2.75, 3.05) is 13.8 Å². The summed E-state index contributed by atoms with van der Waals surface area (Å²) in [5.74, 6) is 0.673. The SMILES string of the molecule is CNC(=O)NC(=O)C(C)Oc1cc2c(cc1CO)OCO2. The van der Waals surface area contributed by atoms with Crippen LogP contribution in [0.3, 0.4) is 0 Å². The summed E-state index contributed by atoms with van der Waals surface area (Å²) in [6.45, 7) is 1.30. The molecule has 3 amide bonds. The van der Waals surface area contributed by atoms with E-state index in [2.05, 4.69) is 10.6 Å². The van der Waals surface area contributed by atoms with E-state index in [1.807, 2.05) is 0 Å². The molecule has 0 spiro atoms. The Morgan fingerprint density at radius 2 is 2.05 bits per heavy atom. The second-order valence-corrected chi connectivity index (χ2v) is 4.30. The zero-order chi connectivity index (χ0) is 15.4. The Morgan fingerprint density at radius 1 is 1.38 bits per heavy atom. The second-order valence-electron chi connectivity index (χ2n) is 4.30. The highest BCUT2D eigenvalue weighted by Crippen LogP contribution is 2.38. The van der Waals surface area contributed by atoms with Gasteiger partial charge in [-0.05, 0) is 13.0 Å². The average molecular weight is 296 g/mol. The molecule has 21 heavy (non-hydrogen) atoms. The van der Waals surface area contributed by atoms with E-state index in [4.69, 9.17) is 14.2 Å². The summed E-state index contributed by atoms with van der Waals surface area (Å²) in [4.78, 5) is 22.8. The molecule has 0 saturated heterocycles. The summed E-state index contributed by atoms with van der Waals surface area (Å²) >= 11 is 0. The number of hydrogen-bond donors (Lipinski definition) is 3. The fourth-order valence-electron chi connectivity index (χ4n) is 1.72. The van der Waals surface area contributed by atoms with Gasteiger partial charge in [0.2, 0.25) is 6.79 Å². The molecular formula is C13H16N2O6. The molecule has 1 aliphatic heterocycles. The van der Waals surface area contributed by atoms with Gasteiger partial charge in [-0.2, -0.15) is 0 Å². The van der Waals surface area contributed by atoms with Crippen LogP contribution in [-0.4, -0.2) is 37.0 Å². The topological polar surface area (TPSA) is 106 Å². The molecule has 2 rings (SSSR count). The van der Waals surface area contributed by atoms with Crippen LogP contribution in [0.15, 0.2) is 12.1 Å². The van der Waals surface area contributed by atoms with Gasteiger partial charge in [0.1, 0.15) is 5.75 Å². The van der Waals surface area contributed by atoms with Crippen LogP contribution in [0.5, 0.6) is 17.2 Å². The number of hydrogen-bond acceptors (Lipinski definition) is 6. The lowest BCUT2D eigenvalue weighted by Gasteiger charge is -2.16. The number of aliphatic hydroxyl groups excluding tert-OH is 1. The normalized spacial score (nSPS) is 13.5. The van der Waals surface area contributed by atoms with Crippen molar-refractivity contribution >= 4 is 11.9 Å². The first kappa shape index (κ1) is 14.9. The van der Waals surface area contributed by atoms with E-state index < -0.39 is 18.0 Å². The Morgan fingerprint density at radius 3 is 2.67 bits per heavy atom. The molecule has 0 aliphatic carbocycles. The minimum absolute atomic E-state index is 0.0936. The van der Waals surface area contributed by atoms with Crippen LogP contribution in [0.1, 0.15) is 12.5 Å². The van der Waals surface area contributed by atoms with Crippen molar-refractivity contribution in [2.45, 2.75) is 19.6 Å². The summed E-state index contributed by atoms with van der Waals surface area (Å²) in [7, 11) is 1.40. The summed E-state index contributed by atoms with van der Waals surface area (Å²) in [5, 5.41) is 13.7. The molecule has 8 heteroatoms. The number of carbonyl (C=O) groups excluding carboxylic acids is 2.